The van der Waals surface area contributed by atoms with Crippen LogP contribution < -0.4 is 9.62 Å². The second-order valence-electron chi connectivity index (χ2n) is 6.47. The first-order valence-corrected chi connectivity index (χ1v) is 10.7. The molecule has 1 atom stereocenters. The Labute approximate surface area is 162 Å². The second kappa shape index (κ2) is 7.04. The van der Waals surface area contributed by atoms with Gasteiger partial charge in [0.2, 0.25) is 5.91 Å². The Balaban J connectivity index is 2.13. The van der Waals surface area contributed by atoms with Crippen molar-refractivity contribution in [2.24, 2.45) is 0 Å². The maximum atomic E-state index is 13.2. The lowest BCUT2D eigenvalue weighted by Gasteiger charge is -2.23. The van der Waals surface area contributed by atoms with Crippen LogP contribution in [-0.4, -0.2) is 20.4 Å². The van der Waals surface area contributed by atoms with Crippen LogP contribution >= 0.6 is 15.9 Å². The zero-order chi connectivity index (χ0) is 19.1. The topological polar surface area (TPSA) is 66.5 Å². The fraction of sp³-hybridized carbons (Fsp3) is 0.316. The third-order valence-electron chi connectivity index (χ3n) is 4.59. The molecule has 7 heteroatoms. The fourth-order valence-electron chi connectivity index (χ4n) is 3.49. The average molecular weight is 437 g/mol. The van der Waals surface area contributed by atoms with Crippen LogP contribution in [0.4, 0.5) is 11.4 Å². The number of aryl methyl sites for hydroxylation is 1. The highest BCUT2D eigenvalue weighted by atomic mass is 79.9. The summed E-state index contributed by atoms with van der Waals surface area (Å²) in [5, 5.41) is 0. The van der Waals surface area contributed by atoms with Crippen LogP contribution in [0.25, 0.3) is 0 Å². The minimum absolute atomic E-state index is 0.0753. The van der Waals surface area contributed by atoms with Crippen LogP contribution in [0.1, 0.15) is 31.9 Å². The Morgan fingerprint density at radius 2 is 2.00 bits per heavy atom. The van der Waals surface area contributed by atoms with Crippen molar-refractivity contribution in [3.05, 3.63) is 52.0 Å². The first-order valence-electron chi connectivity index (χ1n) is 8.47. The number of nitrogens with one attached hydrogen (secondary N) is 1. The number of sulfonamides is 1. The van der Waals surface area contributed by atoms with E-state index in [1.54, 1.807) is 23.1 Å². The van der Waals surface area contributed by atoms with Crippen LogP contribution in [0.5, 0.6) is 0 Å². The molecule has 2 aromatic rings. The third-order valence-corrected chi connectivity index (χ3v) is 6.42. The van der Waals surface area contributed by atoms with Gasteiger partial charge in [0.05, 0.1) is 11.4 Å². The van der Waals surface area contributed by atoms with E-state index in [1.165, 1.54) is 6.92 Å². The lowest BCUT2D eigenvalue weighted by Crippen LogP contribution is -2.34. The largest absolute Gasteiger partial charge is 0.308 e. The van der Waals surface area contributed by atoms with Gasteiger partial charge in [-0.2, -0.15) is 0 Å². The number of anilines is 2. The van der Waals surface area contributed by atoms with Gasteiger partial charge in [-0.1, -0.05) is 41.1 Å². The maximum Gasteiger partial charge on any atom is 0.264 e. The summed E-state index contributed by atoms with van der Waals surface area (Å²) in [6, 6.07) is 10.7. The predicted octanol–water partition coefficient (Wildman–Crippen LogP) is 4.11. The molecule has 3 rings (SSSR count). The number of para-hydroxylation sites is 1. The quantitative estimate of drug-likeness (QED) is 0.783. The number of amides is 1. The Kier molecular flexibility index (Phi) is 5.12. The Bertz CT molecular complexity index is 973. The van der Waals surface area contributed by atoms with Crippen LogP contribution in [0.2, 0.25) is 0 Å². The number of benzene rings is 2. The van der Waals surface area contributed by atoms with Gasteiger partial charge in [0.15, 0.2) is 0 Å². The number of carbonyl (C=O) groups is 1. The Morgan fingerprint density at radius 3 is 2.65 bits per heavy atom. The monoisotopic (exact) mass is 436 g/mol. The number of hydrogen-bond acceptors (Lipinski definition) is 3. The van der Waals surface area contributed by atoms with Gasteiger partial charge in [-0.25, -0.2) is 8.42 Å². The minimum Gasteiger partial charge on any atom is -0.308 e. The van der Waals surface area contributed by atoms with Crippen molar-refractivity contribution in [3.8, 4) is 0 Å². The maximum absolute atomic E-state index is 13.2. The summed E-state index contributed by atoms with van der Waals surface area (Å²) in [6.45, 7) is 5.36. The molecule has 1 heterocycles. The smallest absolute Gasteiger partial charge is 0.264 e. The molecule has 0 radical (unpaired) electrons. The summed E-state index contributed by atoms with van der Waals surface area (Å²) >= 11 is 3.40. The van der Waals surface area contributed by atoms with E-state index in [9.17, 15) is 13.2 Å². The zero-order valence-corrected chi connectivity index (χ0v) is 17.3. The Hall–Kier alpha value is -1.86. The molecule has 0 fully saturated rings. The van der Waals surface area contributed by atoms with E-state index >= 15 is 0 Å². The van der Waals surface area contributed by atoms with Crippen molar-refractivity contribution in [2.45, 2.75) is 44.6 Å². The molecule has 0 saturated heterocycles. The number of hydrogen-bond donors (Lipinski definition) is 1. The first-order chi connectivity index (χ1) is 12.2. The van der Waals surface area contributed by atoms with E-state index in [0.717, 1.165) is 11.1 Å². The summed E-state index contributed by atoms with van der Waals surface area (Å²) in [6.07, 6.45) is 1.34. The molecule has 1 N–H and O–H groups in total. The van der Waals surface area contributed by atoms with E-state index in [0.29, 0.717) is 28.7 Å². The molecule has 1 aliphatic heterocycles. The molecule has 0 aromatic heterocycles. The standard InChI is InChI=1S/C19H21BrN2O3S/c1-4-14-7-5-6-8-17(14)21-26(24,25)18-11-16(20)10-15-9-12(2)22(13(3)23)19(15)18/h5-8,10-12,21H,4,9H2,1-3H3. The van der Waals surface area contributed by atoms with E-state index < -0.39 is 10.0 Å². The molecule has 2 aromatic carbocycles. The molecular formula is C19H21BrN2O3S. The van der Waals surface area contributed by atoms with Gasteiger partial charge >= 0.3 is 0 Å². The van der Waals surface area contributed by atoms with Gasteiger partial charge in [0.25, 0.3) is 10.0 Å². The van der Waals surface area contributed by atoms with Crippen LogP contribution in [0, 0.1) is 0 Å². The molecule has 1 aliphatic rings. The van der Waals surface area contributed by atoms with E-state index in [-0.39, 0.29) is 16.8 Å². The van der Waals surface area contributed by atoms with Crippen molar-refractivity contribution >= 4 is 43.2 Å². The molecule has 0 saturated carbocycles. The highest BCUT2D eigenvalue weighted by Gasteiger charge is 2.35. The van der Waals surface area contributed by atoms with Crippen LogP contribution in [0.15, 0.2) is 45.8 Å². The fourth-order valence-corrected chi connectivity index (χ4v) is 5.51. The van der Waals surface area contributed by atoms with Gasteiger partial charge in [0, 0.05) is 17.4 Å². The summed E-state index contributed by atoms with van der Waals surface area (Å²) in [4.78, 5) is 13.8. The molecule has 1 unspecified atom stereocenters. The van der Waals surface area contributed by atoms with Crippen LogP contribution in [0.3, 0.4) is 0 Å². The van der Waals surface area contributed by atoms with E-state index in [2.05, 4.69) is 20.7 Å². The second-order valence-corrected chi connectivity index (χ2v) is 9.04. The number of fused-ring (bicyclic) bond motifs is 1. The molecule has 0 spiro atoms. The molecule has 0 aliphatic carbocycles. The van der Waals surface area contributed by atoms with Crippen molar-refractivity contribution < 1.29 is 13.2 Å². The molecule has 1 amide bonds. The molecule has 138 valence electrons. The first kappa shape index (κ1) is 18.9. The molecule has 26 heavy (non-hydrogen) atoms. The van der Waals surface area contributed by atoms with E-state index in [1.807, 2.05) is 32.0 Å². The summed E-state index contributed by atoms with van der Waals surface area (Å²) in [7, 11) is -3.86. The number of rotatable bonds is 4. The number of halogens is 1. The van der Waals surface area contributed by atoms with Crippen molar-refractivity contribution in [1.29, 1.82) is 0 Å². The lowest BCUT2D eigenvalue weighted by atomic mass is 10.1. The number of carbonyl (C=O) groups excluding carboxylic acids is 1. The minimum atomic E-state index is -3.86. The molecule has 5 nitrogen and oxygen atoms in total. The normalized spacial score (nSPS) is 16.5. The van der Waals surface area contributed by atoms with Crippen molar-refractivity contribution in [1.82, 2.24) is 0 Å². The van der Waals surface area contributed by atoms with Gasteiger partial charge in [-0.05, 0) is 49.1 Å². The van der Waals surface area contributed by atoms with Crippen LogP contribution in [-0.2, 0) is 27.7 Å². The van der Waals surface area contributed by atoms with Crippen molar-refractivity contribution in [2.75, 3.05) is 9.62 Å². The third kappa shape index (κ3) is 3.38. The van der Waals surface area contributed by atoms with Gasteiger partial charge in [-0.15, -0.1) is 0 Å². The predicted molar refractivity (Wildman–Crippen MR) is 107 cm³/mol. The van der Waals surface area contributed by atoms with E-state index in [4.69, 9.17) is 0 Å². The van der Waals surface area contributed by atoms with Gasteiger partial charge < -0.3 is 4.90 Å². The Morgan fingerprint density at radius 1 is 1.31 bits per heavy atom. The van der Waals surface area contributed by atoms with Crippen molar-refractivity contribution in [3.63, 3.8) is 0 Å². The summed E-state index contributed by atoms with van der Waals surface area (Å²) in [5.74, 6) is -0.163. The SMILES string of the molecule is CCc1ccccc1NS(=O)(=O)c1cc(Br)cc2c1N(C(C)=O)C(C)C2. The highest BCUT2D eigenvalue weighted by molar-refractivity contribution is 9.10. The summed E-state index contributed by atoms with van der Waals surface area (Å²) in [5.41, 5.74) is 2.81. The summed E-state index contributed by atoms with van der Waals surface area (Å²) < 4.78 is 29.8. The highest BCUT2D eigenvalue weighted by Crippen LogP contribution is 2.40. The van der Waals surface area contributed by atoms with Gasteiger partial charge in [0.1, 0.15) is 4.90 Å². The zero-order valence-electron chi connectivity index (χ0n) is 14.9. The molecular weight excluding hydrogens is 416 g/mol. The van der Waals surface area contributed by atoms with Gasteiger partial charge in [-0.3, -0.25) is 9.52 Å². The molecule has 0 bridgehead atoms. The lowest BCUT2D eigenvalue weighted by molar-refractivity contribution is -0.116. The average Bonchev–Trinajstić information content (AvgIpc) is 2.89. The number of nitrogens with zero attached hydrogens (tertiary/aromatic N) is 1.